The summed E-state index contributed by atoms with van der Waals surface area (Å²) in [6, 6.07) is 11.8. The molecule has 0 radical (unpaired) electrons. The van der Waals surface area contributed by atoms with Crippen LogP contribution < -0.4 is 10.6 Å². The van der Waals surface area contributed by atoms with Gasteiger partial charge in [-0.1, -0.05) is 24.3 Å². The smallest absolute Gasteiger partial charge is 0.252 e. The second-order valence-corrected chi connectivity index (χ2v) is 5.99. The lowest BCUT2D eigenvalue weighted by Gasteiger charge is -2.12. The van der Waals surface area contributed by atoms with Crippen LogP contribution >= 0.6 is 0 Å². The van der Waals surface area contributed by atoms with Gasteiger partial charge < -0.3 is 10.6 Å². The molecule has 0 saturated heterocycles. The Morgan fingerprint density at radius 3 is 2.75 bits per heavy atom. The Hall–Kier alpha value is -2.69. The molecule has 1 atom stereocenters. The number of carbonyl (C=O) groups is 2. The van der Waals surface area contributed by atoms with Crippen LogP contribution in [0.15, 0.2) is 48.8 Å². The van der Waals surface area contributed by atoms with Crippen molar-refractivity contribution in [2.45, 2.75) is 25.2 Å². The standard InChI is InChI=1S/C19H21N3O2/c23-18(12-15-8-7-14-4-1-2-6-17(14)15)21-10-11-22-19(24)16-5-3-9-20-13-16/h1-6,9,13,15H,7-8,10-12H2,(H,21,23)(H,22,24). The third kappa shape index (κ3) is 3.98. The van der Waals surface area contributed by atoms with E-state index in [1.54, 1.807) is 18.3 Å². The van der Waals surface area contributed by atoms with E-state index < -0.39 is 0 Å². The predicted octanol–water partition coefficient (Wildman–Crippen LogP) is 2.05. The number of pyridine rings is 1. The quantitative estimate of drug-likeness (QED) is 0.799. The van der Waals surface area contributed by atoms with Gasteiger partial charge in [0.2, 0.25) is 5.91 Å². The molecule has 1 unspecified atom stereocenters. The summed E-state index contributed by atoms with van der Waals surface area (Å²) in [5.74, 6) is 0.167. The van der Waals surface area contributed by atoms with Gasteiger partial charge in [-0.2, -0.15) is 0 Å². The average molecular weight is 323 g/mol. The number of amides is 2. The first-order valence-electron chi connectivity index (χ1n) is 8.27. The van der Waals surface area contributed by atoms with Crippen molar-refractivity contribution in [3.63, 3.8) is 0 Å². The van der Waals surface area contributed by atoms with Crippen LogP contribution in [0.1, 0.15) is 40.2 Å². The molecule has 0 bridgehead atoms. The van der Waals surface area contributed by atoms with Crippen molar-refractivity contribution >= 4 is 11.8 Å². The van der Waals surface area contributed by atoms with Gasteiger partial charge in [0.05, 0.1) is 5.56 Å². The van der Waals surface area contributed by atoms with Gasteiger partial charge in [-0.25, -0.2) is 0 Å². The van der Waals surface area contributed by atoms with Gasteiger partial charge >= 0.3 is 0 Å². The van der Waals surface area contributed by atoms with Crippen LogP contribution in [0.2, 0.25) is 0 Å². The number of carbonyl (C=O) groups excluding carboxylic acids is 2. The van der Waals surface area contributed by atoms with Crippen molar-refractivity contribution in [1.82, 2.24) is 15.6 Å². The van der Waals surface area contributed by atoms with E-state index >= 15 is 0 Å². The van der Waals surface area contributed by atoms with Gasteiger partial charge in [0.25, 0.3) is 5.91 Å². The fraction of sp³-hybridized carbons (Fsp3) is 0.316. The van der Waals surface area contributed by atoms with Crippen molar-refractivity contribution in [3.05, 3.63) is 65.5 Å². The number of hydrogen-bond acceptors (Lipinski definition) is 3. The molecule has 2 aromatic rings. The van der Waals surface area contributed by atoms with Crippen LogP contribution in [-0.2, 0) is 11.2 Å². The molecule has 0 aliphatic heterocycles. The first-order chi connectivity index (χ1) is 11.7. The lowest BCUT2D eigenvalue weighted by Crippen LogP contribution is -2.35. The highest BCUT2D eigenvalue weighted by Crippen LogP contribution is 2.34. The van der Waals surface area contributed by atoms with Gasteiger partial charge in [-0.15, -0.1) is 0 Å². The average Bonchev–Trinajstić information content (AvgIpc) is 3.02. The van der Waals surface area contributed by atoms with Gasteiger partial charge in [-0.05, 0) is 42.0 Å². The van der Waals surface area contributed by atoms with Crippen LogP contribution in [0.5, 0.6) is 0 Å². The van der Waals surface area contributed by atoms with Crippen LogP contribution in [-0.4, -0.2) is 29.9 Å². The van der Waals surface area contributed by atoms with E-state index in [1.807, 2.05) is 12.1 Å². The topological polar surface area (TPSA) is 71.1 Å². The highest BCUT2D eigenvalue weighted by Gasteiger charge is 2.23. The van der Waals surface area contributed by atoms with E-state index in [-0.39, 0.29) is 11.8 Å². The fourth-order valence-corrected chi connectivity index (χ4v) is 3.13. The van der Waals surface area contributed by atoms with Crippen LogP contribution in [0.25, 0.3) is 0 Å². The lowest BCUT2D eigenvalue weighted by molar-refractivity contribution is -0.121. The molecule has 24 heavy (non-hydrogen) atoms. The minimum Gasteiger partial charge on any atom is -0.354 e. The Kier molecular flexibility index (Phi) is 5.21. The molecule has 1 aliphatic rings. The molecule has 2 N–H and O–H groups in total. The molecule has 5 nitrogen and oxygen atoms in total. The zero-order valence-corrected chi connectivity index (χ0v) is 13.5. The SMILES string of the molecule is O=C(CC1CCc2ccccc21)NCCNC(=O)c1cccnc1. The minimum atomic E-state index is -0.179. The van der Waals surface area contributed by atoms with Gasteiger partial charge in [0.1, 0.15) is 0 Å². The fourth-order valence-electron chi connectivity index (χ4n) is 3.13. The first kappa shape index (κ1) is 16.2. The number of aryl methyl sites for hydroxylation is 1. The van der Waals surface area contributed by atoms with Crippen molar-refractivity contribution in [1.29, 1.82) is 0 Å². The molecular weight excluding hydrogens is 302 g/mol. The molecule has 124 valence electrons. The summed E-state index contributed by atoms with van der Waals surface area (Å²) >= 11 is 0. The highest BCUT2D eigenvalue weighted by molar-refractivity contribution is 5.93. The highest BCUT2D eigenvalue weighted by atomic mass is 16.2. The summed E-state index contributed by atoms with van der Waals surface area (Å²) in [5.41, 5.74) is 3.18. The van der Waals surface area contributed by atoms with Crippen molar-refractivity contribution in [2.75, 3.05) is 13.1 Å². The molecule has 5 heteroatoms. The summed E-state index contributed by atoms with van der Waals surface area (Å²) in [6.07, 6.45) is 5.73. The predicted molar refractivity (Wildman–Crippen MR) is 91.7 cm³/mol. The normalized spacial score (nSPS) is 15.6. The molecule has 0 spiro atoms. The number of nitrogens with zero attached hydrogens (tertiary/aromatic N) is 1. The maximum Gasteiger partial charge on any atom is 0.252 e. The van der Waals surface area contributed by atoms with E-state index in [4.69, 9.17) is 0 Å². The van der Waals surface area contributed by atoms with Gasteiger partial charge in [-0.3, -0.25) is 14.6 Å². The number of aromatic nitrogens is 1. The number of fused-ring (bicyclic) bond motifs is 1. The van der Waals surface area contributed by atoms with E-state index in [1.165, 1.54) is 17.3 Å². The Balaban J connectivity index is 1.39. The van der Waals surface area contributed by atoms with Crippen LogP contribution in [0.4, 0.5) is 0 Å². The molecule has 0 saturated carbocycles. The summed E-state index contributed by atoms with van der Waals surface area (Å²) in [5, 5.41) is 5.65. The van der Waals surface area contributed by atoms with E-state index in [0.29, 0.717) is 31.0 Å². The Labute approximate surface area is 141 Å². The van der Waals surface area contributed by atoms with Crippen molar-refractivity contribution in [2.24, 2.45) is 0 Å². The summed E-state index contributed by atoms with van der Waals surface area (Å²) in [7, 11) is 0. The number of benzene rings is 1. The zero-order chi connectivity index (χ0) is 16.8. The Morgan fingerprint density at radius 1 is 1.08 bits per heavy atom. The monoisotopic (exact) mass is 323 g/mol. The van der Waals surface area contributed by atoms with E-state index in [0.717, 1.165) is 12.8 Å². The molecule has 1 aliphatic carbocycles. The molecule has 3 rings (SSSR count). The van der Waals surface area contributed by atoms with Crippen molar-refractivity contribution < 1.29 is 9.59 Å². The molecule has 1 heterocycles. The lowest BCUT2D eigenvalue weighted by atomic mass is 9.97. The molecule has 2 amide bonds. The third-order valence-corrected chi connectivity index (χ3v) is 4.35. The maximum atomic E-state index is 12.1. The van der Waals surface area contributed by atoms with Crippen LogP contribution in [0, 0.1) is 0 Å². The summed E-state index contributed by atoms with van der Waals surface area (Å²) < 4.78 is 0. The third-order valence-electron chi connectivity index (χ3n) is 4.35. The Morgan fingerprint density at radius 2 is 1.92 bits per heavy atom. The van der Waals surface area contributed by atoms with Gasteiger partial charge in [0.15, 0.2) is 0 Å². The Bertz CT molecular complexity index is 716. The summed E-state index contributed by atoms with van der Waals surface area (Å²) in [4.78, 5) is 27.8. The van der Waals surface area contributed by atoms with Gasteiger partial charge in [0, 0.05) is 31.9 Å². The molecule has 1 aromatic carbocycles. The molecule has 1 aromatic heterocycles. The number of nitrogens with one attached hydrogen (secondary N) is 2. The second-order valence-electron chi connectivity index (χ2n) is 5.99. The maximum absolute atomic E-state index is 12.1. The number of rotatable bonds is 6. The molecular formula is C19H21N3O2. The zero-order valence-electron chi connectivity index (χ0n) is 13.5. The first-order valence-corrected chi connectivity index (χ1v) is 8.27. The van der Waals surface area contributed by atoms with Crippen molar-refractivity contribution in [3.8, 4) is 0 Å². The minimum absolute atomic E-state index is 0.0346. The second kappa shape index (κ2) is 7.73. The summed E-state index contributed by atoms with van der Waals surface area (Å²) in [6.45, 7) is 0.833. The van der Waals surface area contributed by atoms with Crippen LogP contribution in [0.3, 0.4) is 0 Å². The van der Waals surface area contributed by atoms with E-state index in [9.17, 15) is 9.59 Å². The van der Waals surface area contributed by atoms with E-state index in [2.05, 4.69) is 27.8 Å². The number of hydrogen-bond donors (Lipinski definition) is 2. The largest absolute Gasteiger partial charge is 0.354 e. The molecule has 0 fully saturated rings.